The summed E-state index contributed by atoms with van der Waals surface area (Å²) in [5, 5.41) is 0. The molecule has 2 fully saturated rings. The van der Waals surface area contributed by atoms with E-state index < -0.39 is 11.7 Å². The van der Waals surface area contributed by atoms with Crippen LogP contribution >= 0.6 is 0 Å². The Morgan fingerprint density at radius 3 is 2.32 bits per heavy atom. The van der Waals surface area contributed by atoms with Gasteiger partial charge < -0.3 is 9.32 Å². The number of halogens is 3. The van der Waals surface area contributed by atoms with Crippen molar-refractivity contribution < 1.29 is 17.6 Å². The maximum absolute atomic E-state index is 12.7. The third-order valence-corrected chi connectivity index (χ3v) is 5.77. The fourth-order valence-corrected chi connectivity index (χ4v) is 4.14. The highest BCUT2D eigenvalue weighted by Crippen LogP contribution is 2.29. The molecule has 152 valence electrons. The fraction of sp³-hybridized carbons (Fsp3) is 0.550. The number of piperidine rings is 1. The summed E-state index contributed by atoms with van der Waals surface area (Å²) in [4.78, 5) is 11.1. The molecule has 0 bridgehead atoms. The Morgan fingerprint density at radius 1 is 1.00 bits per heavy atom. The lowest BCUT2D eigenvalue weighted by molar-refractivity contribution is -0.137. The molecule has 28 heavy (non-hydrogen) atoms. The first-order valence-corrected chi connectivity index (χ1v) is 9.75. The molecule has 0 radical (unpaired) electrons. The molecule has 0 saturated carbocycles. The summed E-state index contributed by atoms with van der Waals surface area (Å²) >= 11 is 0. The normalized spacial score (nSPS) is 20.6. The molecular formula is C20H25F3N4O. The van der Waals surface area contributed by atoms with E-state index in [2.05, 4.69) is 19.7 Å². The molecule has 0 aromatic carbocycles. The Morgan fingerprint density at radius 2 is 1.75 bits per heavy atom. The Hall–Kier alpha value is -2.06. The first-order valence-electron chi connectivity index (χ1n) is 9.75. The lowest BCUT2D eigenvalue weighted by Gasteiger charge is -2.43. The van der Waals surface area contributed by atoms with E-state index in [9.17, 15) is 13.2 Å². The zero-order valence-electron chi connectivity index (χ0n) is 15.7. The minimum absolute atomic E-state index is 0.586. The first kappa shape index (κ1) is 19.3. The van der Waals surface area contributed by atoms with Crippen molar-refractivity contribution in [3.05, 3.63) is 48.0 Å². The smallest absolute Gasteiger partial charge is 0.417 e. The minimum Gasteiger partial charge on any atom is -0.472 e. The highest BCUT2D eigenvalue weighted by Gasteiger charge is 2.31. The molecular weight excluding hydrogens is 369 g/mol. The maximum atomic E-state index is 12.7. The van der Waals surface area contributed by atoms with Gasteiger partial charge >= 0.3 is 6.18 Å². The summed E-state index contributed by atoms with van der Waals surface area (Å²) in [6.07, 6.45) is 2.41. The summed E-state index contributed by atoms with van der Waals surface area (Å²) < 4.78 is 43.2. The van der Waals surface area contributed by atoms with Crippen LogP contribution in [0.4, 0.5) is 19.0 Å². The molecule has 0 atom stereocenters. The van der Waals surface area contributed by atoms with Crippen LogP contribution in [0.15, 0.2) is 41.3 Å². The van der Waals surface area contributed by atoms with Gasteiger partial charge in [-0.3, -0.25) is 9.80 Å². The predicted molar refractivity (Wildman–Crippen MR) is 100 cm³/mol. The van der Waals surface area contributed by atoms with Crippen LogP contribution in [0, 0.1) is 0 Å². The molecule has 0 aliphatic carbocycles. The third kappa shape index (κ3) is 4.50. The molecule has 2 aromatic rings. The monoisotopic (exact) mass is 394 g/mol. The summed E-state index contributed by atoms with van der Waals surface area (Å²) in [7, 11) is 0. The molecule has 2 aliphatic rings. The van der Waals surface area contributed by atoms with Crippen LogP contribution in [0.3, 0.4) is 0 Å². The quantitative estimate of drug-likeness (QED) is 0.794. The predicted octanol–water partition coefficient (Wildman–Crippen LogP) is 3.48. The number of alkyl halides is 3. The van der Waals surface area contributed by atoms with E-state index in [0.29, 0.717) is 11.9 Å². The second-order valence-corrected chi connectivity index (χ2v) is 7.56. The van der Waals surface area contributed by atoms with Crippen LogP contribution in [0.5, 0.6) is 0 Å². The summed E-state index contributed by atoms with van der Waals surface area (Å²) in [6.45, 7) is 6.55. The molecule has 4 heterocycles. The molecule has 0 spiro atoms. The Labute approximate surface area is 162 Å². The maximum Gasteiger partial charge on any atom is 0.417 e. The van der Waals surface area contributed by atoms with Crippen LogP contribution in [-0.2, 0) is 12.7 Å². The molecule has 5 nitrogen and oxygen atoms in total. The second kappa shape index (κ2) is 8.13. The van der Waals surface area contributed by atoms with Gasteiger partial charge in [-0.15, -0.1) is 0 Å². The average Bonchev–Trinajstić information content (AvgIpc) is 3.21. The average molecular weight is 394 g/mol. The van der Waals surface area contributed by atoms with Gasteiger partial charge in [-0.1, -0.05) is 0 Å². The molecule has 0 unspecified atom stereocenters. The lowest BCUT2D eigenvalue weighted by atomic mass is 10.0. The topological polar surface area (TPSA) is 35.8 Å². The summed E-state index contributed by atoms with van der Waals surface area (Å²) in [5.41, 5.74) is 0.521. The number of nitrogens with zero attached hydrogens (tertiary/aromatic N) is 4. The number of anilines is 1. The zero-order valence-corrected chi connectivity index (χ0v) is 15.7. The van der Waals surface area contributed by atoms with Crippen molar-refractivity contribution in [2.24, 2.45) is 0 Å². The van der Waals surface area contributed by atoms with E-state index >= 15 is 0 Å². The highest BCUT2D eigenvalue weighted by molar-refractivity contribution is 5.40. The molecule has 2 aliphatic heterocycles. The van der Waals surface area contributed by atoms with Crippen molar-refractivity contribution in [2.75, 3.05) is 44.2 Å². The summed E-state index contributed by atoms with van der Waals surface area (Å²) in [5.74, 6) is 0.627. The molecule has 4 rings (SSSR count). The van der Waals surface area contributed by atoms with E-state index in [4.69, 9.17) is 4.42 Å². The van der Waals surface area contributed by atoms with Crippen molar-refractivity contribution in [3.63, 3.8) is 0 Å². The van der Waals surface area contributed by atoms with Gasteiger partial charge in [0.05, 0.1) is 18.1 Å². The van der Waals surface area contributed by atoms with Gasteiger partial charge in [-0.2, -0.15) is 13.2 Å². The number of likely N-dealkylation sites (tertiary alicyclic amines) is 1. The van der Waals surface area contributed by atoms with Crippen LogP contribution in [0.1, 0.15) is 24.0 Å². The fourth-order valence-electron chi connectivity index (χ4n) is 4.14. The van der Waals surface area contributed by atoms with Crippen LogP contribution in [-0.4, -0.2) is 60.1 Å². The van der Waals surface area contributed by atoms with Gasteiger partial charge in [0, 0.05) is 50.5 Å². The number of hydrogen-bond acceptors (Lipinski definition) is 5. The van der Waals surface area contributed by atoms with Gasteiger partial charge in [0.1, 0.15) is 5.82 Å². The third-order valence-electron chi connectivity index (χ3n) is 5.77. The molecule has 0 amide bonds. The van der Waals surface area contributed by atoms with Crippen molar-refractivity contribution in [1.82, 2.24) is 14.8 Å². The molecule has 8 heteroatoms. The molecule has 0 N–H and O–H groups in total. The number of pyridine rings is 1. The SMILES string of the molecule is FC(F)(F)c1ccc(N2CCN(C3CCN(Cc4ccoc4)CC3)CC2)nc1. The van der Waals surface area contributed by atoms with Gasteiger partial charge in [0.25, 0.3) is 0 Å². The van der Waals surface area contributed by atoms with Crippen molar-refractivity contribution in [2.45, 2.75) is 31.6 Å². The number of piperazine rings is 1. The van der Waals surface area contributed by atoms with Crippen LogP contribution in [0.25, 0.3) is 0 Å². The minimum atomic E-state index is -4.34. The van der Waals surface area contributed by atoms with Gasteiger partial charge in [-0.05, 0) is 44.1 Å². The number of aromatic nitrogens is 1. The molecule has 2 saturated heterocycles. The van der Waals surface area contributed by atoms with E-state index in [0.717, 1.165) is 70.9 Å². The van der Waals surface area contributed by atoms with Gasteiger partial charge in [0.2, 0.25) is 0 Å². The number of rotatable bonds is 4. The Kier molecular flexibility index (Phi) is 5.59. The standard InChI is InChI=1S/C20H25F3N4O/c21-20(22,23)17-1-2-19(24-13-17)27-10-8-26(9-11-27)18-3-6-25(7-4-18)14-16-5-12-28-15-16/h1-2,5,12-13,15,18H,3-4,6-11,14H2. The zero-order chi connectivity index (χ0) is 19.6. The van der Waals surface area contributed by atoms with Crippen molar-refractivity contribution >= 4 is 5.82 Å². The van der Waals surface area contributed by atoms with E-state index in [1.807, 2.05) is 6.07 Å². The van der Waals surface area contributed by atoms with E-state index in [1.165, 1.54) is 11.6 Å². The summed E-state index contributed by atoms with van der Waals surface area (Å²) in [6, 6.07) is 5.20. The number of furan rings is 1. The van der Waals surface area contributed by atoms with Crippen molar-refractivity contribution in [3.8, 4) is 0 Å². The van der Waals surface area contributed by atoms with Gasteiger partial charge in [-0.25, -0.2) is 4.98 Å². The Bertz CT molecular complexity index is 732. The van der Waals surface area contributed by atoms with Gasteiger partial charge in [0.15, 0.2) is 0 Å². The second-order valence-electron chi connectivity index (χ2n) is 7.56. The lowest BCUT2D eigenvalue weighted by Crippen LogP contribution is -2.53. The first-order chi connectivity index (χ1) is 13.5. The van der Waals surface area contributed by atoms with Crippen molar-refractivity contribution in [1.29, 1.82) is 0 Å². The molecule has 2 aromatic heterocycles. The number of hydrogen-bond donors (Lipinski definition) is 0. The largest absolute Gasteiger partial charge is 0.472 e. The highest BCUT2D eigenvalue weighted by atomic mass is 19.4. The van der Waals surface area contributed by atoms with E-state index in [1.54, 1.807) is 12.5 Å². The van der Waals surface area contributed by atoms with Crippen LogP contribution in [0.2, 0.25) is 0 Å². The Balaban J connectivity index is 1.24. The van der Waals surface area contributed by atoms with Crippen LogP contribution < -0.4 is 4.90 Å². The van der Waals surface area contributed by atoms with E-state index in [-0.39, 0.29) is 0 Å².